The van der Waals surface area contributed by atoms with Crippen LogP contribution in [0.15, 0.2) is 0 Å². The van der Waals surface area contributed by atoms with E-state index in [1.54, 1.807) is 6.92 Å². The first-order valence-corrected chi connectivity index (χ1v) is 6.20. The van der Waals surface area contributed by atoms with Gasteiger partial charge in [-0.05, 0) is 19.3 Å². The summed E-state index contributed by atoms with van der Waals surface area (Å²) < 4.78 is 4.77. The van der Waals surface area contributed by atoms with Gasteiger partial charge in [0.1, 0.15) is 12.7 Å². The van der Waals surface area contributed by atoms with E-state index >= 15 is 0 Å². The van der Waals surface area contributed by atoms with Crippen molar-refractivity contribution >= 4 is 17.6 Å². The summed E-state index contributed by atoms with van der Waals surface area (Å²) in [6, 6.07) is 0. The molecule has 0 saturated heterocycles. The molecule has 0 heterocycles. The smallest absolute Gasteiger partial charge is 0.306 e. The third-order valence-corrected chi connectivity index (χ3v) is 2.41. The Labute approximate surface area is 119 Å². The lowest BCUT2D eigenvalue weighted by molar-refractivity contribution is -0.790. The Morgan fingerprint density at radius 2 is 1.90 bits per heavy atom. The normalized spacial score (nSPS) is 13.1. The van der Waals surface area contributed by atoms with Crippen molar-refractivity contribution in [3.8, 4) is 0 Å². The number of hydrogen-bond donors (Lipinski definition) is 0. The topological polar surface area (TPSA) is 131 Å². The molecule has 0 bridgehead atoms. The first kappa shape index (κ1) is 18.2. The van der Waals surface area contributed by atoms with Gasteiger partial charge in [-0.2, -0.15) is 0 Å². The molecule has 0 aliphatic heterocycles. The van der Waals surface area contributed by atoms with Gasteiger partial charge >= 0.3 is 5.97 Å². The molecule has 0 N–H and O–H groups in total. The summed E-state index contributed by atoms with van der Waals surface area (Å²) in [5, 5.41) is 18.1. The maximum atomic E-state index is 10.9. The van der Waals surface area contributed by atoms with Crippen LogP contribution in [0.5, 0.6) is 0 Å². The molecule has 0 aromatic heterocycles. The highest BCUT2D eigenvalue weighted by Crippen LogP contribution is 2.13. The molecule has 116 valence electrons. The van der Waals surface area contributed by atoms with Gasteiger partial charge in [-0.3, -0.25) is 4.79 Å². The molecule has 0 amide bonds. The molecular weight excluding hydrogens is 300 g/mol. The van der Waals surface area contributed by atoms with Crippen LogP contribution in [0, 0.1) is 20.2 Å². The maximum absolute atomic E-state index is 10.9. The number of halogens is 1. The standard InChI is InChI=1S/C9H15ClN2O8/c1-2-9(13)19-8(10)5-3-4-7(20-12(16)17)6-18-11(14)15/h7-8H,2-6H2,1H3. The molecule has 0 saturated carbocycles. The van der Waals surface area contributed by atoms with Crippen molar-refractivity contribution in [1.82, 2.24) is 0 Å². The molecule has 10 nitrogen and oxygen atoms in total. The van der Waals surface area contributed by atoms with Crippen molar-refractivity contribution < 1.29 is 29.4 Å². The predicted octanol–water partition coefficient (Wildman–Crippen LogP) is 1.46. The Balaban J connectivity index is 4.02. The number of alkyl halides is 1. The van der Waals surface area contributed by atoms with Crippen LogP contribution >= 0.6 is 11.6 Å². The average Bonchev–Trinajstić information content (AvgIpc) is 2.34. The third-order valence-electron chi connectivity index (χ3n) is 2.11. The van der Waals surface area contributed by atoms with E-state index < -0.39 is 34.4 Å². The second-order valence-electron chi connectivity index (χ2n) is 3.65. The minimum Gasteiger partial charge on any atom is -0.446 e. The van der Waals surface area contributed by atoms with Crippen molar-refractivity contribution in [2.45, 2.75) is 44.3 Å². The molecule has 2 atom stereocenters. The van der Waals surface area contributed by atoms with Crippen molar-refractivity contribution in [2.24, 2.45) is 0 Å². The highest BCUT2D eigenvalue weighted by molar-refractivity contribution is 6.20. The Hall–Kier alpha value is -1.84. The van der Waals surface area contributed by atoms with Crippen LogP contribution in [0.3, 0.4) is 0 Å². The molecule has 0 aliphatic carbocycles. The number of carbonyl (C=O) groups is 1. The Morgan fingerprint density at radius 1 is 1.25 bits per heavy atom. The Bertz CT molecular complexity index is 340. The van der Waals surface area contributed by atoms with Crippen LogP contribution in [0.1, 0.15) is 32.6 Å². The van der Waals surface area contributed by atoms with Crippen LogP contribution in [0.2, 0.25) is 0 Å². The first-order valence-electron chi connectivity index (χ1n) is 5.77. The van der Waals surface area contributed by atoms with Crippen LogP contribution in [-0.2, 0) is 19.2 Å². The molecule has 0 aromatic rings. The van der Waals surface area contributed by atoms with Gasteiger partial charge in [0, 0.05) is 6.42 Å². The molecule has 11 heteroatoms. The number of ether oxygens (including phenoxy) is 1. The number of rotatable bonds is 11. The molecule has 0 aromatic carbocycles. The summed E-state index contributed by atoms with van der Waals surface area (Å²) >= 11 is 5.71. The molecule has 2 unspecified atom stereocenters. The van der Waals surface area contributed by atoms with Crippen LogP contribution in [-0.4, -0.2) is 34.4 Å². The van der Waals surface area contributed by atoms with Gasteiger partial charge in [-0.15, -0.1) is 20.2 Å². The number of nitrogens with zero attached hydrogens (tertiary/aromatic N) is 2. The van der Waals surface area contributed by atoms with Gasteiger partial charge in [0.15, 0.2) is 5.56 Å². The summed E-state index contributed by atoms with van der Waals surface area (Å²) in [5.74, 6) is -0.459. The monoisotopic (exact) mass is 314 g/mol. The summed E-state index contributed by atoms with van der Waals surface area (Å²) in [7, 11) is 0. The number of hydrogen-bond acceptors (Lipinski definition) is 8. The second kappa shape index (κ2) is 10.0. The fourth-order valence-electron chi connectivity index (χ4n) is 1.22. The van der Waals surface area contributed by atoms with Gasteiger partial charge in [0.05, 0.1) is 0 Å². The largest absolute Gasteiger partial charge is 0.446 e. The molecule has 0 spiro atoms. The van der Waals surface area contributed by atoms with E-state index in [2.05, 4.69) is 9.68 Å². The Morgan fingerprint density at radius 3 is 2.40 bits per heavy atom. The zero-order valence-electron chi connectivity index (χ0n) is 10.7. The van der Waals surface area contributed by atoms with Gasteiger partial charge in [-0.25, -0.2) is 0 Å². The number of esters is 1. The minimum atomic E-state index is -1.08. The molecular formula is C9H15ClN2O8. The number of carbonyl (C=O) groups excluding carboxylic acids is 1. The lowest BCUT2D eigenvalue weighted by Crippen LogP contribution is -2.25. The van der Waals surface area contributed by atoms with E-state index in [1.165, 1.54) is 0 Å². The zero-order chi connectivity index (χ0) is 15.5. The van der Waals surface area contributed by atoms with E-state index in [4.69, 9.17) is 16.3 Å². The van der Waals surface area contributed by atoms with Crippen molar-refractivity contribution in [1.29, 1.82) is 0 Å². The quantitative estimate of drug-likeness (QED) is 0.242. The lowest BCUT2D eigenvalue weighted by atomic mass is 10.1. The maximum Gasteiger partial charge on any atom is 0.306 e. The highest BCUT2D eigenvalue weighted by Gasteiger charge is 2.17. The third kappa shape index (κ3) is 10.1. The molecule has 0 radical (unpaired) electrons. The predicted molar refractivity (Wildman–Crippen MR) is 64.7 cm³/mol. The molecule has 0 aliphatic rings. The second-order valence-corrected chi connectivity index (χ2v) is 4.14. The van der Waals surface area contributed by atoms with Crippen LogP contribution < -0.4 is 0 Å². The van der Waals surface area contributed by atoms with Gasteiger partial charge < -0.3 is 14.4 Å². The lowest BCUT2D eigenvalue weighted by Gasteiger charge is -2.15. The van der Waals surface area contributed by atoms with Crippen molar-refractivity contribution in [2.75, 3.05) is 6.61 Å². The van der Waals surface area contributed by atoms with E-state index in [0.717, 1.165) is 0 Å². The molecule has 0 fully saturated rings. The minimum absolute atomic E-state index is 0.0989. The summed E-state index contributed by atoms with van der Waals surface area (Å²) in [6.07, 6.45) is -0.246. The van der Waals surface area contributed by atoms with Crippen molar-refractivity contribution in [3.05, 3.63) is 20.2 Å². The van der Waals surface area contributed by atoms with Crippen molar-refractivity contribution in [3.63, 3.8) is 0 Å². The fourth-order valence-corrected chi connectivity index (χ4v) is 1.48. The Kier molecular flexibility index (Phi) is 9.09. The first-order chi connectivity index (χ1) is 9.35. The molecule has 0 rings (SSSR count). The SMILES string of the molecule is CCC(=O)OC(Cl)CCCC(CO[N+](=O)[O-])O[N+](=O)[O-]. The summed E-state index contributed by atoms with van der Waals surface area (Å²) in [4.78, 5) is 39.4. The van der Waals surface area contributed by atoms with Gasteiger partial charge in [-0.1, -0.05) is 18.5 Å². The average molecular weight is 315 g/mol. The summed E-state index contributed by atoms with van der Waals surface area (Å²) in [6.45, 7) is 1.05. The van der Waals surface area contributed by atoms with Gasteiger partial charge in [0.2, 0.25) is 0 Å². The van der Waals surface area contributed by atoms with E-state index in [1.807, 2.05) is 0 Å². The van der Waals surface area contributed by atoms with E-state index in [0.29, 0.717) is 6.42 Å². The highest BCUT2D eigenvalue weighted by atomic mass is 35.5. The zero-order valence-corrected chi connectivity index (χ0v) is 11.5. The van der Waals surface area contributed by atoms with E-state index in [9.17, 15) is 25.0 Å². The summed E-state index contributed by atoms with van der Waals surface area (Å²) in [5.41, 5.74) is -0.852. The molecule has 20 heavy (non-hydrogen) atoms. The van der Waals surface area contributed by atoms with Crippen LogP contribution in [0.25, 0.3) is 0 Å². The van der Waals surface area contributed by atoms with E-state index in [-0.39, 0.29) is 19.3 Å². The van der Waals surface area contributed by atoms with Crippen LogP contribution in [0.4, 0.5) is 0 Å². The van der Waals surface area contributed by atoms with Gasteiger partial charge in [0.25, 0.3) is 10.2 Å². The fraction of sp³-hybridized carbons (Fsp3) is 0.889.